The summed E-state index contributed by atoms with van der Waals surface area (Å²) >= 11 is 5.06. The zero-order chi connectivity index (χ0) is 19.6. The lowest BCUT2D eigenvalue weighted by atomic mass is 10.1. The Morgan fingerprint density at radius 2 is 2.00 bits per heavy atom. The second-order valence-electron chi connectivity index (χ2n) is 5.51. The minimum Gasteiger partial charge on any atom is -0.482 e. The lowest BCUT2D eigenvalue weighted by molar-refractivity contribution is -0.139. The largest absolute Gasteiger partial charge is 0.482 e. The van der Waals surface area contributed by atoms with Gasteiger partial charge >= 0.3 is 5.97 Å². The van der Waals surface area contributed by atoms with Gasteiger partial charge in [0.1, 0.15) is 12.4 Å². The minimum atomic E-state index is -0.998. The third-order valence-electron chi connectivity index (χ3n) is 3.49. The van der Waals surface area contributed by atoms with Crippen LogP contribution in [0.25, 0.3) is 5.57 Å². The molecule has 0 spiro atoms. The zero-order valence-electron chi connectivity index (χ0n) is 14.7. The maximum absolute atomic E-state index is 10.6. The monoisotopic (exact) mass is 446 g/mol. The molecule has 0 amide bonds. The smallest absolute Gasteiger partial charge is 0.341 e. The number of allylic oxidation sites excluding steroid dienone is 1. The predicted molar refractivity (Wildman–Crippen MR) is 112 cm³/mol. The predicted octanol–water partition coefficient (Wildman–Crippen LogP) is 4.39. The van der Waals surface area contributed by atoms with Crippen LogP contribution >= 0.6 is 27.7 Å². The van der Waals surface area contributed by atoms with E-state index >= 15 is 0 Å². The Balaban J connectivity index is 2.07. The topological polar surface area (TPSA) is 66.8 Å². The Morgan fingerprint density at radius 1 is 1.26 bits per heavy atom. The molecule has 6 heteroatoms. The van der Waals surface area contributed by atoms with E-state index < -0.39 is 5.97 Å². The van der Waals surface area contributed by atoms with Crippen molar-refractivity contribution in [2.45, 2.75) is 11.8 Å². The van der Waals surface area contributed by atoms with Crippen LogP contribution in [0.4, 0.5) is 0 Å². The molecule has 0 unspecified atom stereocenters. The van der Waals surface area contributed by atoms with Crippen molar-refractivity contribution < 1.29 is 19.7 Å². The first kappa shape index (κ1) is 21.1. The average Bonchev–Trinajstić information content (AvgIpc) is 2.64. The summed E-state index contributed by atoms with van der Waals surface area (Å²) in [5, 5.41) is 17.7. The Labute approximate surface area is 171 Å². The van der Waals surface area contributed by atoms with E-state index in [9.17, 15) is 4.79 Å². The van der Waals surface area contributed by atoms with Gasteiger partial charge in [0.2, 0.25) is 0 Å². The Morgan fingerprint density at radius 3 is 2.63 bits per heavy atom. The Hall–Kier alpha value is -2.20. The van der Waals surface area contributed by atoms with Crippen LogP contribution in [0.5, 0.6) is 5.75 Å². The number of aliphatic hydroxyl groups excluding tert-OH is 1. The molecule has 0 atom stereocenters. The van der Waals surface area contributed by atoms with E-state index in [1.165, 1.54) is 0 Å². The first-order chi connectivity index (χ1) is 13.0. The molecule has 2 N–H and O–H groups in total. The second kappa shape index (κ2) is 10.8. The van der Waals surface area contributed by atoms with Crippen LogP contribution in [0.2, 0.25) is 0 Å². The van der Waals surface area contributed by atoms with Gasteiger partial charge in [-0.05, 0) is 48.4 Å². The third-order valence-corrected chi connectivity index (χ3v) is 4.94. The van der Waals surface area contributed by atoms with Crippen molar-refractivity contribution in [3.8, 4) is 17.6 Å². The van der Waals surface area contributed by atoms with Crippen molar-refractivity contribution in [1.29, 1.82) is 0 Å². The summed E-state index contributed by atoms with van der Waals surface area (Å²) in [4.78, 5) is 11.7. The molecular formula is C21H19BrO4S. The fourth-order valence-corrected chi connectivity index (χ4v) is 3.37. The third kappa shape index (κ3) is 7.14. The van der Waals surface area contributed by atoms with Crippen LogP contribution in [-0.4, -0.2) is 35.1 Å². The molecule has 0 radical (unpaired) electrons. The number of thioether (sulfide) groups is 1. The van der Waals surface area contributed by atoms with Gasteiger partial charge in [0, 0.05) is 20.7 Å². The van der Waals surface area contributed by atoms with Crippen molar-refractivity contribution in [2.24, 2.45) is 0 Å². The van der Waals surface area contributed by atoms with Gasteiger partial charge in [-0.15, -0.1) is 11.8 Å². The van der Waals surface area contributed by atoms with E-state index in [2.05, 4.69) is 27.8 Å². The molecule has 0 bridgehead atoms. The summed E-state index contributed by atoms with van der Waals surface area (Å²) < 4.78 is 6.24. The van der Waals surface area contributed by atoms with Gasteiger partial charge in [0.15, 0.2) is 6.61 Å². The SMILES string of the molecule is Cc1cc(SC/C=C(\C#CCO)c2ccc(Br)cc2)ccc1OCC(=O)O. The molecule has 0 fully saturated rings. The van der Waals surface area contributed by atoms with Gasteiger partial charge in [-0.2, -0.15) is 0 Å². The van der Waals surface area contributed by atoms with Crippen LogP contribution in [0.1, 0.15) is 11.1 Å². The number of carboxylic acids is 1. The number of carbonyl (C=O) groups is 1. The number of halogens is 1. The summed E-state index contributed by atoms with van der Waals surface area (Å²) in [7, 11) is 0. The summed E-state index contributed by atoms with van der Waals surface area (Å²) in [5.74, 6) is 5.98. The van der Waals surface area contributed by atoms with E-state index in [4.69, 9.17) is 14.9 Å². The standard InChI is InChI=1S/C21H19BrO4S/c1-15-13-19(8-9-20(15)26-14-21(24)25)27-12-10-16(3-2-11-23)17-4-6-18(22)7-5-17/h4-10,13,23H,11-12,14H2,1H3,(H,24,25)/b16-10+. The number of rotatable bonds is 7. The number of aliphatic hydroxyl groups is 1. The van der Waals surface area contributed by atoms with Crippen LogP contribution in [0, 0.1) is 18.8 Å². The lowest BCUT2D eigenvalue weighted by Crippen LogP contribution is -2.09. The number of hydrogen-bond acceptors (Lipinski definition) is 4. The van der Waals surface area contributed by atoms with Crippen molar-refractivity contribution >= 4 is 39.2 Å². The highest BCUT2D eigenvalue weighted by Crippen LogP contribution is 2.27. The fourth-order valence-electron chi connectivity index (χ4n) is 2.24. The van der Waals surface area contributed by atoms with Crippen LogP contribution in [0.15, 0.2) is 57.9 Å². The molecule has 4 nitrogen and oxygen atoms in total. The molecule has 0 aromatic heterocycles. The highest BCUT2D eigenvalue weighted by Gasteiger charge is 2.05. The normalized spacial score (nSPS) is 10.9. The fraction of sp³-hybridized carbons (Fsp3) is 0.190. The Bertz CT molecular complexity index is 879. The molecule has 2 aromatic carbocycles. The van der Waals surface area contributed by atoms with E-state index in [0.717, 1.165) is 26.1 Å². The van der Waals surface area contributed by atoms with Gasteiger partial charge in [-0.1, -0.05) is 46.0 Å². The maximum atomic E-state index is 10.6. The maximum Gasteiger partial charge on any atom is 0.341 e. The molecule has 0 saturated heterocycles. The first-order valence-corrected chi connectivity index (χ1v) is 9.91. The molecule has 2 rings (SSSR count). The van der Waals surface area contributed by atoms with E-state index in [1.54, 1.807) is 17.8 Å². The van der Waals surface area contributed by atoms with Gasteiger partial charge < -0.3 is 14.9 Å². The van der Waals surface area contributed by atoms with Crippen LogP contribution in [0.3, 0.4) is 0 Å². The Kier molecular flexibility index (Phi) is 8.46. The number of aliphatic carboxylic acids is 1. The quantitative estimate of drug-likeness (QED) is 0.487. The summed E-state index contributed by atoms with van der Waals surface area (Å²) in [5.41, 5.74) is 2.74. The first-order valence-electron chi connectivity index (χ1n) is 8.13. The average molecular weight is 447 g/mol. The van der Waals surface area contributed by atoms with Gasteiger partial charge in [-0.25, -0.2) is 4.79 Å². The molecular weight excluding hydrogens is 428 g/mol. The van der Waals surface area contributed by atoms with E-state index in [-0.39, 0.29) is 13.2 Å². The molecule has 0 aliphatic rings. The number of ether oxygens (including phenoxy) is 1. The van der Waals surface area contributed by atoms with Crippen LogP contribution < -0.4 is 4.74 Å². The summed E-state index contributed by atoms with van der Waals surface area (Å²) in [6.45, 7) is 1.35. The van der Waals surface area contributed by atoms with E-state index in [1.807, 2.05) is 49.4 Å². The lowest BCUT2D eigenvalue weighted by Gasteiger charge is -2.08. The highest BCUT2D eigenvalue weighted by molar-refractivity contribution is 9.10. The van der Waals surface area contributed by atoms with Crippen molar-refractivity contribution in [2.75, 3.05) is 19.0 Å². The van der Waals surface area contributed by atoms with Gasteiger partial charge in [0.05, 0.1) is 0 Å². The molecule has 27 heavy (non-hydrogen) atoms. The number of benzene rings is 2. The highest BCUT2D eigenvalue weighted by atomic mass is 79.9. The number of hydrogen-bond donors (Lipinski definition) is 2. The molecule has 0 saturated carbocycles. The molecule has 0 heterocycles. The molecule has 0 aliphatic heterocycles. The van der Waals surface area contributed by atoms with Gasteiger partial charge in [0.25, 0.3) is 0 Å². The van der Waals surface area contributed by atoms with Crippen LogP contribution in [-0.2, 0) is 4.79 Å². The molecule has 140 valence electrons. The minimum absolute atomic E-state index is 0.183. The van der Waals surface area contributed by atoms with Gasteiger partial charge in [-0.3, -0.25) is 0 Å². The van der Waals surface area contributed by atoms with Crippen molar-refractivity contribution in [3.63, 3.8) is 0 Å². The van der Waals surface area contributed by atoms with Crippen molar-refractivity contribution in [1.82, 2.24) is 0 Å². The zero-order valence-corrected chi connectivity index (χ0v) is 17.1. The summed E-state index contributed by atoms with van der Waals surface area (Å²) in [6.07, 6.45) is 2.03. The van der Waals surface area contributed by atoms with E-state index in [0.29, 0.717) is 11.5 Å². The van der Waals surface area contributed by atoms with Crippen molar-refractivity contribution in [3.05, 3.63) is 64.1 Å². The molecule has 0 aliphatic carbocycles. The number of aryl methyl sites for hydroxylation is 1. The second-order valence-corrected chi connectivity index (χ2v) is 7.51. The molecule has 2 aromatic rings. The summed E-state index contributed by atoms with van der Waals surface area (Å²) in [6, 6.07) is 13.5. The number of carboxylic acid groups (broad SMARTS) is 1.